The van der Waals surface area contributed by atoms with Crippen LogP contribution < -0.4 is 10.2 Å². The topological polar surface area (TPSA) is 86.7 Å². The quantitative estimate of drug-likeness (QED) is 0.813. The summed E-state index contributed by atoms with van der Waals surface area (Å²) in [6, 6.07) is 12.2. The van der Waals surface area contributed by atoms with Gasteiger partial charge in [0.2, 0.25) is 11.8 Å². The van der Waals surface area contributed by atoms with Crippen molar-refractivity contribution in [2.75, 3.05) is 4.90 Å². The number of amides is 3. The number of nitrogens with zero attached hydrogens (tertiary/aromatic N) is 1. The number of carbonyl (C=O) groups excluding carboxylic acids is 2. The van der Waals surface area contributed by atoms with E-state index in [9.17, 15) is 19.5 Å². The Morgan fingerprint density at radius 3 is 2.44 bits per heavy atom. The van der Waals surface area contributed by atoms with Crippen molar-refractivity contribution in [3.8, 4) is 0 Å². The molecule has 0 radical (unpaired) electrons. The molecule has 0 bridgehead atoms. The van der Waals surface area contributed by atoms with Crippen LogP contribution in [0, 0.1) is 13.8 Å². The van der Waals surface area contributed by atoms with E-state index in [-0.39, 0.29) is 18.7 Å². The highest BCUT2D eigenvalue weighted by atomic mass is 16.4. The van der Waals surface area contributed by atoms with Gasteiger partial charge in [-0.15, -0.1) is 0 Å². The molecule has 0 saturated carbocycles. The average Bonchev–Trinajstić information content (AvgIpc) is 2.87. The second-order valence-electron chi connectivity index (χ2n) is 7.22. The Labute approximate surface area is 156 Å². The molecule has 2 aromatic carbocycles. The molecule has 3 amide bonds. The van der Waals surface area contributed by atoms with Gasteiger partial charge in [-0.1, -0.05) is 36.4 Å². The molecule has 27 heavy (non-hydrogen) atoms. The number of para-hydroxylation sites is 1. The van der Waals surface area contributed by atoms with Gasteiger partial charge in [0.1, 0.15) is 5.41 Å². The molecule has 6 heteroatoms. The number of benzene rings is 2. The summed E-state index contributed by atoms with van der Waals surface area (Å²) in [5.41, 5.74) is 2.70. The molecule has 4 rings (SSSR count). The number of fused-ring (bicyclic) bond motifs is 2. The molecule has 6 nitrogen and oxygen atoms in total. The summed E-state index contributed by atoms with van der Waals surface area (Å²) in [4.78, 5) is 38.5. The number of hydrogen-bond acceptors (Lipinski definition) is 3. The van der Waals surface area contributed by atoms with E-state index >= 15 is 0 Å². The third kappa shape index (κ3) is 2.29. The Morgan fingerprint density at radius 2 is 1.78 bits per heavy atom. The van der Waals surface area contributed by atoms with E-state index in [1.165, 1.54) is 0 Å². The zero-order valence-corrected chi connectivity index (χ0v) is 15.2. The van der Waals surface area contributed by atoms with Gasteiger partial charge in [-0.2, -0.15) is 0 Å². The maximum atomic E-state index is 13.5. The highest BCUT2D eigenvalue weighted by molar-refractivity contribution is 6.21. The van der Waals surface area contributed by atoms with E-state index < -0.39 is 23.5 Å². The summed E-state index contributed by atoms with van der Waals surface area (Å²) in [7, 11) is 0. The molecular weight excluding hydrogens is 344 g/mol. The molecule has 2 aliphatic heterocycles. The van der Waals surface area contributed by atoms with Crippen LogP contribution in [0.5, 0.6) is 0 Å². The lowest BCUT2D eigenvalue weighted by Gasteiger charge is -2.41. The van der Waals surface area contributed by atoms with Crippen molar-refractivity contribution < 1.29 is 19.5 Å². The molecule has 2 heterocycles. The standard InChI is InChI=1S/C21H20N2O4/c1-12-6-5-7-13(2)17(12)18-21(11-10-16(24)22-18)14-8-3-4-9-15(14)23(19(21)25)20(26)27/h3-9,18H,10-11H2,1-2H3,(H,22,24)(H,26,27). The molecule has 2 unspecified atom stereocenters. The van der Waals surface area contributed by atoms with Crippen LogP contribution in [0.1, 0.15) is 41.1 Å². The summed E-state index contributed by atoms with van der Waals surface area (Å²) in [6.45, 7) is 3.88. The van der Waals surface area contributed by atoms with Crippen molar-refractivity contribution in [2.45, 2.75) is 38.1 Å². The molecular formula is C21H20N2O4. The number of carboxylic acid groups (broad SMARTS) is 1. The molecule has 2 aromatic rings. The van der Waals surface area contributed by atoms with Crippen molar-refractivity contribution in [2.24, 2.45) is 0 Å². The molecule has 2 aliphatic rings. The van der Waals surface area contributed by atoms with Gasteiger partial charge in [0.05, 0.1) is 11.7 Å². The Bertz CT molecular complexity index is 964. The van der Waals surface area contributed by atoms with E-state index in [1.807, 2.05) is 32.0 Å². The fourth-order valence-corrected chi connectivity index (χ4v) is 4.59. The van der Waals surface area contributed by atoms with Gasteiger partial charge in [-0.05, 0) is 48.6 Å². The SMILES string of the molecule is Cc1cccc(C)c1C1NC(=O)CCC12C(=O)N(C(=O)O)c1ccccc12. The van der Waals surface area contributed by atoms with Crippen LogP contribution in [0.2, 0.25) is 0 Å². The van der Waals surface area contributed by atoms with Gasteiger partial charge >= 0.3 is 6.09 Å². The highest BCUT2D eigenvalue weighted by Gasteiger charge is 2.59. The van der Waals surface area contributed by atoms with Crippen LogP contribution in [-0.4, -0.2) is 23.0 Å². The molecule has 0 aliphatic carbocycles. The molecule has 1 spiro atoms. The zero-order valence-electron chi connectivity index (χ0n) is 15.2. The summed E-state index contributed by atoms with van der Waals surface area (Å²) >= 11 is 0. The molecule has 1 fully saturated rings. The van der Waals surface area contributed by atoms with Crippen LogP contribution in [0.15, 0.2) is 42.5 Å². The van der Waals surface area contributed by atoms with Crippen molar-refractivity contribution in [3.05, 3.63) is 64.7 Å². The summed E-state index contributed by atoms with van der Waals surface area (Å²) in [6.07, 6.45) is -0.854. The first-order chi connectivity index (χ1) is 12.9. The van der Waals surface area contributed by atoms with Crippen LogP contribution in [0.25, 0.3) is 0 Å². The van der Waals surface area contributed by atoms with Crippen LogP contribution in [0.3, 0.4) is 0 Å². The number of aryl methyl sites for hydroxylation is 2. The third-order valence-electron chi connectivity index (χ3n) is 5.78. The first-order valence-corrected chi connectivity index (χ1v) is 8.90. The maximum Gasteiger partial charge on any atom is 0.418 e. The molecule has 2 N–H and O–H groups in total. The normalized spacial score (nSPS) is 24.1. The number of piperidine rings is 1. The predicted molar refractivity (Wildman–Crippen MR) is 99.7 cm³/mol. The van der Waals surface area contributed by atoms with E-state index in [2.05, 4.69) is 5.32 Å². The Kier molecular flexibility index (Phi) is 3.80. The Hall–Kier alpha value is -3.15. The summed E-state index contributed by atoms with van der Waals surface area (Å²) < 4.78 is 0. The monoisotopic (exact) mass is 364 g/mol. The van der Waals surface area contributed by atoms with E-state index in [0.717, 1.165) is 21.6 Å². The van der Waals surface area contributed by atoms with Gasteiger partial charge in [0, 0.05) is 6.42 Å². The predicted octanol–water partition coefficient (Wildman–Crippen LogP) is 3.22. The van der Waals surface area contributed by atoms with Crippen molar-refractivity contribution in [1.82, 2.24) is 5.32 Å². The number of rotatable bonds is 1. The Morgan fingerprint density at radius 1 is 1.11 bits per heavy atom. The summed E-state index contributed by atoms with van der Waals surface area (Å²) in [5.74, 6) is -0.629. The van der Waals surface area contributed by atoms with Crippen LogP contribution in [-0.2, 0) is 15.0 Å². The minimum absolute atomic E-state index is 0.132. The lowest BCUT2D eigenvalue weighted by molar-refractivity contribution is -0.130. The fourth-order valence-electron chi connectivity index (χ4n) is 4.59. The van der Waals surface area contributed by atoms with E-state index in [0.29, 0.717) is 11.3 Å². The van der Waals surface area contributed by atoms with E-state index in [1.54, 1.807) is 24.3 Å². The van der Waals surface area contributed by atoms with Gasteiger partial charge < -0.3 is 10.4 Å². The first-order valence-electron chi connectivity index (χ1n) is 8.90. The minimum Gasteiger partial charge on any atom is -0.464 e. The largest absolute Gasteiger partial charge is 0.464 e. The second-order valence-corrected chi connectivity index (χ2v) is 7.22. The maximum absolute atomic E-state index is 13.5. The number of nitrogens with one attached hydrogen (secondary N) is 1. The number of carbonyl (C=O) groups is 3. The second kappa shape index (κ2) is 5.94. The molecule has 0 aromatic heterocycles. The molecule has 138 valence electrons. The van der Waals surface area contributed by atoms with Crippen LogP contribution in [0.4, 0.5) is 10.5 Å². The van der Waals surface area contributed by atoms with Gasteiger partial charge in [-0.25, -0.2) is 9.69 Å². The fraction of sp³-hybridized carbons (Fsp3) is 0.286. The molecule has 2 atom stereocenters. The number of hydrogen-bond donors (Lipinski definition) is 2. The summed E-state index contributed by atoms with van der Waals surface area (Å²) in [5, 5.41) is 12.7. The van der Waals surface area contributed by atoms with Crippen molar-refractivity contribution >= 4 is 23.6 Å². The van der Waals surface area contributed by atoms with Gasteiger partial charge in [0.25, 0.3) is 0 Å². The zero-order chi connectivity index (χ0) is 19.3. The highest BCUT2D eigenvalue weighted by Crippen LogP contribution is 2.53. The number of anilines is 1. The van der Waals surface area contributed by atoms with Gasteiger partial charge in [-0.3, -0.25) is 9.59 Å². The number of imide groups is 1. The lowest BCUT2D eigenvalue weighted by Crippen LogP contribution is -2.55. The third-order valence-corrected chi connectivity index (χ3v) is 5.78. The van der Waals surface area contributed by atoms with Crippen LogP contribution >= 0.6 is 0 Å². The smallest absolute Gasteiger partial charge is 0.418 e. The lowest BCUT2D eigenvalue weighted by atomic mass is 9.66. The van der Waals surface area contributed by atoms with E-state index in [4.69, 9.17) is 0 Å². The van der Waals surface area contributed by atoms with Crippen molar-refractivity contribution in [1.29, 1.82) is 0 Å². The Balaban J connectivity index is 2.01. The van der Waals surface area contributed by atoms with Gasteiger partial charge in [0.15, 0.2) is 0 Å². The minimum atomic E-state index is -1.30. The van der Waals surface area contributed by atoms with Crippen molar-refractivity contribution in [3.63, 3.8) is 0 Å². The average molecular weight is 364 g/mol. The first kappa shape index (κ1) is 17.3. The molecule has 1 saturated heterocycles.